The van der Waals surface area contributed by atoms with Crippen LogP contribution in [0.2, 0.25) is 0 Å². The summed E-state index contributed by atoms with van der Waals surface area (Å²) >= 11 is 0. The maximum absolute atomic E-state index is 10.0. The predicted octanol–water partition coefficient (Wildman–Crippen LogP) is 1.92. The summed E-state index contributed by atoms with van der Waals surface area (Å²) in [4.78, 5) is 11.4. The van der Waals surface area contributed by atoms with Gasteiger partial charge in [-0.25, -0.2) is 9.97 Å². The summed E-state index contributed by atoms with van der Waals surface area (Å²) in [6, 6.07) is 1.88. The summed E-state index contributed by atoms with van der Waals surface area (Å²) in [6.07, 6.45) is 4.16. The summed E-state index contributed by atoms with van der Waals surface area (Å²) in [5, 5.41) is 14.3. The van der Waals surface area contributed by atoms with Gasteiger partial charge in [-0.2, -0.15) is 0 Å². The molecular weight excluding hydrogens is 216 g/mol. The Hall–Kier alpha value is -1.62. The van der Waals surface area contributed by atoms with Gasteiger partial charge in [0.25, 0.3) is 0 Å². The number of hydrogen-bond donors (Lipinski definition) is 3. The van der Waals surface area contributed by atoms with Gasteiger partial charge in [0.15, 0.2) is 0 Å². The molecule has 0 bridgehead atoms. The van der Waals surface area contributed by atoms with E-state index < -0.39 is 5.60 Å². The van der Waals surface area contributed by atoms with Crippen molar-refractivity contribution in [2.24, 2.45) is 0 Å². The molecule has 0 aromatic carbocycles. The molecule has 2 rings (SSSR count). The molecule has 0 fully saturated rings. The predicted molar refractivity (Wildman–Crippen MR) is 67.9 cm³/mol. The fourth-order valence-electron chi connectivity index (χ4n) is 1.93. The van der Waals surface area contributed by atoms with E-state index in [1.807, 2.05) is 19.2 Å². The van der Waals surface area contributed by atoms with Crippen molar-refractivity contribution in [3.05, 3.63) is 18.6 Å². The van der Waals surface area contributed by atoms with Crippen molar-refractivity contribution in [2.75, 3.05) is 5.32 Å². The number of H-pyrrole nitrogens is 1. The molecule has 0 saturated carbocycles. The van der Waals surface area contributed by atoms with E-state index in [1.165, 1.54) is 6.33 Å². The highest BCUT2D eigenvalue weighted by Gasteiger charge is 2.25. The van der Waals surface area contributed by atoms with E-state index in [0.717, 1.165) is 23.3 Å². The molecule has 2 aromatic heterocycles. The third-order valence-corrected chi connectivity index (χ3v) is 2.93. The van der Waals surface area contributed by atoms with Gasteiger partial charge in [-0.05, 0) is 26.3 Å². The van der Waals surface area contributed by atoms with E-state index in [9.17, 15) is 5.11 Å². The van der Waals surface area contributed by atoms with Crippen molar-refractivity contribution >= 4 is 16.9 Å². The third-order valence-electron chi connectivity index (χ3n) is 2.93. The SMILES string of the molecule is CC[C@@H](Nc1ncnc2[nH]ccc12)C(C)(C)O. The minimum Gasteiger partial charge on any atom is -0.388 e. The third kappa shape index (κ3) is 2.39. The molecule has 5 nitrogen and oxygen atoms in total. The molecule has 3 N–H and O–H groups in total. The minimum absolute atomic E-state index is 0.0458. The first kappa shape index (κ1) is 11.9. The molecule has 5 heteroatoms. The van der Waals surface area contributed by atoms with Crippen LogP contribution in [0.1, 0.15) is 27.2 Å². The van der Waals surface area contributed by atoms with E-state index in [2.05, 4.69) is 20.3 Å². The highest BCUT2D eigenvalue weighted by atomic mass is 16.3. The molecule has 1 atom stereocenters. The van der Waals surface area contributed by atoms with Crippen molar-refractivity contribution in [2.45, 2.75) is 38.8 Å². The number of nitrogens with one attached hydrogen (secondary N) is 2. The van der Waals surface area contributed by atoms with Crippen LogP contribution in [-0.2, 0) is 0 Å². The highest BCUT2D eigenvalue weighted by molar-refractivity contribution is 5.86. The average Bonchev–Trinajstić information content (AvgIpc) is 2.72. The van der Waals surface area contributed by atoms with Gasteiger partial charge in [-0.15, -0.1) is 0 Å². The van der Waals surface area contributed by atoms with E-state index >= 15 is 0 Å². The fourth-order valence-corrected chi connectivity index (χ4v) is 1.93. The lowest BCUT2D eigenvalue weighted by Gasteiger charge is -2.29. The van der Waals surface area contributed by atoms with Gasteiger partial charge in [-0.1, -0.05) is 6.92 Å². The van der Waals surface area contributed by atoms with Crippen LogP contribution in [0.15, 0.2) is 18.6 Å². The number of rotatable bonds is 4. The van der Waals surface area contributed by atoms with Gasteiger partial charge in [-0.3, -0.25) is 0 Å². The van der Waals surface area contributed by atoms with Crippen LogP contribution in [-0.4, -0.2) is 31.7 Å². The van der Waals surface area contributed by atoms with E-state index in [-0.39, 0.29) is 6.04 Å². The molecule has 0 aliphatic carbocycles. The topological polar surface area (TPSA) is 73.8 Å². The molecule has 2 heterocycles. The summed E-state index contributed by atoms with van der Waals surface area (Å²) in [5.74, 6) is 0.755. The second-order valence-electron chi connectivity index (χ2n) is 4.72. The van der Waals surface area contributed by atoms with E-state index in [0.29, 0.717) is 0 Å². The molecule has 0 amide bonds. The molecule has 0 unspecified atom stereocenters. The zero-order chi connectivity index (χ0) is 12.5. The molecule has 0 radical (unpaired) electrons. The van der Waals surface area contributed by atoms with Crippen LogP contribution < -0.4 is 5.32 Å². The second-order valence-corrected chi connectivity index (χ2v) is 4.72. The number of aromatic nitrogens is 3. The number of anilines is 1. The molecule has 17 heavy (non-hydrogen) atoms. The maximum atomic E-state index is 10.0. The normalized spacial score (nSPS) is 13.9. The second kappa shape index (κ2) is 4.33. The lowest BCUT2D eigenvalue weighted by Crippen LogP contribution is -2.41. The lowest BCUT2D eigenvalue weighted by atomic mass is 9.96. The van der Waals surface area contributed by atoms with E-state index in [1.54, 1.807) is 13.8 Å². The minimum atomic E-state index is -0.789. The number of fused-ring (bicyclic) bond motifs is 1. The molecule has 0 aliphatic heterocycles. The highest BCUT2D eigenvalue weighted by Crippen LogP contribution is 2.22. The zero-order valence-electron chi connectivity index (χ0n) is 10.4. The van der Waals surface area contributed by atoms with Crippen LogP contribution in [0.25, 0.3) is 11.0 Å². The molecule has 0 spiro atoms. The summed E-state index contributed by atoms with van der Waals surface area (Å²) < 4.78 is 0. The number of aliphatic hydroxyl groups is 1. The standard InChI is InChI=1S/C12H18N4O/c1-4-9(12(2,3)17)16-11-8-5-6-13-10(8)14-7-15-11/h5-7,9,17H,4H2,1-3H3,(H2,13,14,15,16)/t9-/m1/s1. The Morgan fingerprint density at radius 1 is 1.47 bits per heavy atom. The first-order chi connectivity index (χ1) is 8.02. The van der Waals surface area contributed by atoms with Crippen molar-refractivity contribution in [1.82, 2.24) is 15.0 Å². The molecule has 0 aliphatic rings. The van der Waals surface area contributed by atoms with Crippen molar-refractivity contribution in [3.63, 3.8) is 0 Å². The first-order valence-electron chi connectivity index (χ1n) is 5.79. The van der Waals surface area contributed by atoms with Crippen LogP contribution >= 0.6 is 0 Å². The van der Waals surface area contributed by atoms with Crippen molar-refractivity contribution in [3.8, 4) is 0 Å². The van der Waals surface area contributed by atoms with Crippen LogP contribution in [0, 0.1) is 0 Å². The lowest BCUT2D eigenvalue weighted by molar-refractivity contribution is 0.0579. The fraction of sp³-hybridized carbons (Fsp3) is 0.500. The Balaban J connectivity index is 2.31. The summed E-state index contributed by atoms with van der Waals surface area (Å²) in [5.41, 5.74) is 0.00981. The Morgan fingerprint density at radius 3 is 2.88 bits per heavy atom. The van der Waals surface area contributed by atoms with E-state index in [4.69, 9.17) is 0 Å². The van der Waals surface area contributed by atoms with Crippen molar-refractivity contribution in [1.29, 1.82) is 0 Å². The molecule has 92 valence electrons. The van der Waals surface area contributed by atoms with Crippen LogP contribution in [0.4, 0.5) is 5.82 Å². The summed E-state index contributed by atoms with van der Waals surface area (Å²) in [6.45, 7) is 5.62. The maximum Gasteiger partial charge on any atom is 0.142 e. The number of hydrogen-bond acceptors (Lipinski definition) is 4. The molecule has 2 aromatic rings. The van der Waals surface area contributed by atoms with Gasteiger partial charge >= 0.3 is 0 Å². The van der Waals surface area contributed by atoms with Gasteiger partial charge in [0.2, 0.25) is 0 Å². The Labute approximate surface area is 100 Å². The Bertz CT molecular complexity index is 500. The first-order valence-corrected chi connectivity index (χ1v) is 5.79. The van der Waals surface area contributed by atoms with Gasteiger partial charge < -0.3 is 15.4 Å². The Kier molecular flexibility index (Phi) is 3.02. The van der Waals surface area contributed by atoms with Gasteiger partial charge in [0.1, 0.15) is 17.8 Å². The number of nitrogens with zero attached hydrogens (tertiary/aromatic N) is 2. The molecule has 0 saturated heterocycles. The smallest absolute Gasteiger partial charge is 0.142 e. The summed E-state index contributed by atoms with van der Waals surface area (Å²) in [7, 11) is 0. The average molecular weight is 234 g/mol. The quantitative estimate of drug-likeness (QED) is 0.755. The van der Waals surface area contributed by atoms with Gasteiger partial charge in [0.05, 0.1) is 17.0 Å². The van der Waals surface area contributed by atoms with Crippen LogP contribution in [0.3, 0.4) is 0 Å². The van der Waals surface area contributed by atoms with Gasteiger partial charge in [0, 0.05) is 6.20 Å². The Morgan fingerprint density at radius 2 is 2.24 bits per heavy atom. The van der Waals surface area contributed by atoms with Crippen molar-refractivity contribution < 1.29 is 5.11 Å². The number of aromatic amines is 1. The zero-order valence-corrected chi connectivity index (χ0v) is 10.4. The van der Waals surface area contributed by atoms with Crippen LogP contribution in [0.5, 0.6) is 0 Å². The molecular formula is C12H18N4O. The largest absolute Gasteiger partial charge is 0.388 e. The monoisotopic (exact) mass is 234 g/mol.